The van der Waals surface area contributed by atoms with Gasteiger partial charge >= 0.3 is 0 Å². The molecule has 78 heavy (non-hydrogen) atoms. The average Bonchev–Trinajstić information content (AvgIpc) is 4.26. The number of sulfone groups is 1. The van der Waals surface area contributed by atoms with Crippen LogP contribution in [0.3, 0.4) is 0 Å². The lowest BCUT2D eigenvalue weighted by atomic mass is 9.87. The first-order valence-corrected chi connectivity index (χ1v) is 29.0. The zero-order valence-corrected chi connectivity index (χ0v) is 46.9. The molecule has 0 unspecified atom stereocenters. The van der Waals surface area contributed by atoms with Crippen LogP contribution in [0.15, 0.2) is 77.3 Å². The van der Waals surface area contributed by atoms with Gasteiger partial charge in [0.1, 0.15) is 45.4 Å². The number of amides is 3. The third-order valence-corrected chi connectivity index (χ3v) is 18.8. The second-order valence-corrected chi connectivity index (χ2v) is 25.0. The van der Waals surface area contributed by atoms with E-state index in [9.17, 15) is 32.0 Å². The first-order valence-electron chi connectivity index (χ1n) is 26.7. The van der Waals surface area contributed by atoms with Crippen LogP contribution in [-0.2, 0) is 19.4 Å². The van der Waals surface area contributed by atoms with Gasteiger partial charge in [-0.15, -0.1) is 11.3 Å². The molecule has 0 saturated carbocycles. The molecule has 3 saturated heterocycles. The molecule has 3 aromatic heterocycles. The predicted molar refractivity (Wildman–Crippen MR) is 298 cm³/mol. The standard InChI is InChI=1S/C56H69FN12O7S2/c1-34-35(2)64-65-50(34)63-51-42-30-47(78(74,75)56(4,5)6)46(31-43(42)59-33-60-51)76-29-9-21-66-25-27-67(28-26-66)41-17-13-39(14-18-41)54(72)68-23-19-37(20-24-68)48(62-52(71)36(3)58-7)55(73)69-22-8-10-45(69)53-61-44(32-77-53)49(70)38-11-15-40(57)16-12-38/h11-18,30-33,36-37,45,48,58H,8-10,19-29H2,1-7H3,(H,62,71)(H2,59,60,63,64,65)/t36-,45-,48-/m0/s1. The number of nitrogens with one attached hydrogen (secondary N) is 4. The topological polar surface area (TPSA) is 228 Å². The number of aromatic amines is 1. The molecule has 0 aliphatic carbocycles. The number of ether oxygens (including phenoxy) is 1. The summed E-state index contributed by atoms with van der Waals surface area (Å²) in [5.41, 5.74) is 4.53. The monoisotopic (exact) mass is 1100 g/mol. The maximum atomic E-state index is 14.6. The maximum Gasteiger partial charge on any atom is 0.253 e. The zero-order chi connectivity index (χ0) is 55.5. The van der Waals surface area contributed by atoms with E-state index in [4.69, 9.17) is 4.74 Å². The van der Waals surface area contributed by atoms with E-state index in [1.165, 1.54) is 41.9 Å². The van der Waals surface area contributed by atoms with Gasteiger partial charge < -0.3 is 35.4 Å². The number of hydrogen-bond acceptors (Lipinski definition) is 16. The second kappa shape index (κ2) is 23.6. The van der Waals surface area contributed by atoms with Gasteiger partial charge in [-0.1, -0.05) is 0 Å². The van der Waals surface area contributed by atoms with E-state index in [1.54, 1.807) is 57.2 Å². The van der Waals surface area contributed by atoms with Crippen LogP contribution >= 0.6 is 11.3 Å². The third-order valence-electron chi connectivity index (χ3n) is 15.4. The molecule has 9 rings (SSSR count). The molecule has 3 aromatic carbocycles. The Morgan fingerprint density at radius 1 is 0.897 bits per heavy atom. The highest BCUT2D eigenvalue weighted by Crippen LogP contribution is 2.39. The van der Waals surface area contributed by atoms with Gasteiger partial charge in [0.15, 0.2) is 15.7 Å². The molecule has 0 radical (unpaired) electrons. The Bertz CT molecular complexity index is 3260. The number of hydrogen-bond donors (Lipinski definition) is 4. The number of benzene rings is 3. The van der Waals surface area contributed by atoms with Gasteiger partial charge in [0.05, 0.1) is 29.0 Å². The quantitative estimate of drug-likeness (QED) is 0.0501. The number of thiazole rings is 1. The normalized spacial score (nSPS) is 17.5. The summed E-state index contributed by atoms with van der Waals surface area (Å²) in [4.78, 5) is 77.0. The summed E-state index contributed by atoms with van der Waals surface area (Å²) in [5.74, 6) is -0.284. The van der Waals surface area contributed by atoms with E-state index in [0.717, 1.165) is 56.1 Å². The number of piperidine rings is 1. The summed E-state index contributed by atoms with van der Waals surface area (Å²) in [6.45, 7) is 16.2. The van der Waals surface area contributed by atoms with Crippen LogP contribution < -0.4 is 25.6 Å². The number of aryl methyl sites for hydroxylation is 1. The number of carbonyl (C=O) groups is 4. The minimum absolute atomic E-state index is 0.0825. The summed E-state index contributed by atoms with van der Waals surface area (Å²) >= 11 is 1.31. The number of anilines is 3. The molecule has 414 valence electrons. The van der Waals surface area contributed by atoms with Gasteiger partial charge in [-0.2, -0.15) is 5.10 Å². The van der Waals surface area contributed by atoms with Gasteiger partial charge in [0, 0.05) is 97.3 Å². The van der Waals surface area contributed by atoms with Gasteiger partial charge in [-0.3, -0.25) is 29.2 Å². The number of ketones is 1. The number of nitrogens with zero attached hydrogens (tertiary/aromatic N) is 8. The molecular formula is C56H69FN12O7S2. The van der Waals surface area contributed by atoms with Crippen molar-refractivity contribution in [1.82, 2.24) is 50.5 Å². The number of piperazine rings is 1. The Morgan fingerprint density at radius 2 is 1.60 bits per heavy atom. The van der Waals surface area contributed by atoms with E-state index in [-0.39, 0.29) is 51.8 Å². The number of fused-ring (bicyclic) bond motifs is 1. The van der Waals surface area contributed by atoms with E-state index < -0.39 is 32.5 Å². The van der Waals surface area contributed by atoms with Gasteiger partial charge in [-0.25, -0.2) is 27.8 Å². The molecule has 3 fully saturated rings. The Hall–Kier alpha value is -6.88. The largest absolute Gasteiger partial charge is 0.492 e. The summed E-state index contributed by atoms with van der Waals surface area (Å²) in [6, 6.07) is 14.6. The Morgan fingerprint density at radius 3 is 2.27 bits per heavy atom. The Labute approximate surface area is 458 Å². The molecule has 0 spiro atoms. The minimum atomic E-state index is -3.83. The van der Waals surface area contributed by atoms with Crippen LogP contribution in [0.5, 0.6) is 5.75 Å². The van der Waals surface area contributed by atoms with Crippen molar-refractivity contribution < 1.29 is 36.7 Å². The van der Waals surface area contributed by atoms with Gasteiger partial charge in [0.25, 0.3) is 5.91 Å². The highest BCUT2D eigenvalue weighted by atomic mass is 32.2. The SMILES string of the molecule is CN[C@@H](C)C(=O)N[C@H](C(=O)N1CCC[C@H]1c1nc(C(=O)c2ccc(F)cc2)cs1)C1CCN(C(=O)c2ccc(N3CCN(CCCOc4cc5ncnc(Nc6n[nH]c(C)c6C)c5cc4S(=O)(=O)C(C)(C)C)CC3)cc2)CC1. The molecule has 3 amide bonds. The summed E-state index contributed by atoms with van der Waals surface area (Å²) in [5, 5.41) is 19.4. The lowest BCUT2D eigenvalue weighted by molar-refractivity contribution is -0.139. The van der Waals surface area contributed by atoms with Crippen molar-refractivity contribution in [2.75, 3.05) is 76.2 Å². The number of aromatic nitrogens is 5. The Kier molecular flexibility index (Phi) is 16.9. The van der Waals surface area contributed by atoms with E-state index in [1.807, 2.05) is 43.0 Å². The van der Waals surface area contributed by atoms with Crippen LogP contribution in [-0.4, -0.2) is 155 Å². The molecule has 19 nitrogen and oxygen atoms in total. The van der Waals surface area contributed by atoms with Crippen LogP contribution in [0.2, 0.25) is 0 Å². The van der Waals surface area contributed by atoms with Crippen molar-refractivity contribution in [2.24, 2.45) is 5.92 Å². The van der Waals surface area contributed by atoms with Crippen molar-refractivity contribution in [3.63, 3.8) is 0 Å². The first-order chi connectivity index (χ1) is 37.3. The molecular weight excluding hydrogens is 1040 g/mol. The van der Waals surface area contributed by atoms with Crippen molar-refractivity contribution in [2.45, 2.75) is 101 Å². The van der Waals surface area contributed by atoms with Crippen molar-refractivity contribution >= 4 is 72.9 Å². The number of H-pyrrole nitrogens is 1. The molecule has 22 heteroatoms. The molecule has 3 atom stereocenters. The van der Waals surface area contributed by atoms with Crippen LogP contribution in [0.1, 0.15) is 109 Å². The highest BCUT2D eigenvalue weighted by molar-refractivity contribution is 7.92. The van der Waals surface area contributed by atoms with Crippen LogP contribution in [0.4, 0.5) is 21.7 Å². The van der Waals surface area contributed by atoms with E-state index in [0.29, 0.717) is 90.6 Å². The molecule has 3 aliphatic rings. The van der Waals surface area contributed by atoms with Crippen LogP contribution in [0.25, 0.3) is 10.9 Å². The smallest absolute Gasteiger partial charge is 0.253 e. The first kappa shape index (κ1) is 55.9. The van der Waals surface area contributed by atoms with Gasteiger partial charge in [-0.05, 0) is 141 Å². The summed E-state index contributed by atoms with van der Waals surface area (Å²) in [7, 11) is -2.14. The second-order valence-electron chi connectivity index (χ2n) is 21.4. The maximum absolute atomic E-state index is 14.6. The Balaban J connectivity index is 0.770. The van der Waals surface area contributed by atoms with E-state index >= 15 is 0 Å². The summed E-state index contributed by atoms with van der Waals surface area (Å²) in [6.07, 6.45) is 4.53. The highest BCUT2D eigenvalue weighted by Gasteiger charge is 2.42. The predicted octanol–water partition coefficient (Wildman–Crippen LogP) is 7.01. The lowest BCUT2D eigenvalue weighted by Crippen LogP contribution is -2.57. The fourth-order valence-electron chi connectivity index (χ4n) is 10.2. The lowest BCUT2D eigenvalue weighted by Gasteiger charge is -2.38. The fraction of sp³-hybridized carbons (Fsp3) is 0.464. The molecule has 0 bridgehead atoms. The number of carbonyl (C=O) groups excluding carboxylic acids is 4. The summed E-state index contributed by atoms with van der Waals surface area (Å²) < 4.78 is 46.7. The van der Waals surface area contributed by atoms with Crippen molar-refractivity contribution in [1.29, 1.82) is 0 Å². The molecule has 6 aromatic rings. The van der Waals surface area contributed by atoms with Crippen molar-refractivity contribution in [3.8, 4) is 5.75 Å². The third kappa shape index (κ3) is 12.1. The molecule has 6 heterocycles. The molecule has 4 N–H and O–H groups in total. The number of likely N-dealkylation sites (N-methyl/N-ethyl adjacent to an activating group) is 1. The zero-order valence-electron chi connectivity index (χ0n) is 45.3. The number of halogens is 1. The molecule has 3 aliphatic heterocycles. The number of likely N-dealkylation sites (tertiary alicyclic amines) is 2. The average molecular weight is 1110 g/mol. The number of rotatable bonds is 18. The van der Waals surface area contributed by atoms with Crippen LogP contribution in [0, 0.1) is 25.6 Å². The van der Waals surface area contributed by atoms with E-state index in [2.05, 4.69) is 50.9 Å². The van der Waals surface area contributed by atoms with Crippen molar-refractivity contribution in [3.05, 3.63) is 111 Å². The fourth-order valence-corrected chi connectivity index (χ4v) is 12.5. The van der Waals surface area contributed by atoms with Gasteiger partial charge in [0.2, 0.25) is 17.6 Å². The minimum Gasteiger partial charge on any atom is -0.492 e.